The second kappa shape index (κ2) is 84.0. The van der Waals surface area contributed by atoms with E-state index in [0.29, 0.717) is 25.7 Å². The van der Waals surface area contributed by atoms with E-state index in [-0.39, 0.29) is 25.7 Å². The van der Waals surface area contributed by atoms with Gasteiger partial charge in [0.25, 0.3) is 0 Å². The molecule has 0 amide bonds. The molecule has 0 bridgehead atoms. The van der Waals surface area contributed by atoms with Gasteiger partial charge in [-0.15, -0.1) is 0 Å². The minimum Gasteiger partial charge on any atom is -0.462 e. The lowest BCUT2D eigenvalue weighted by molar-refractivity contribution is -0.161. The Bertz CT molecular complexity index is 2050. The average Bonchev–Trinajstić information content (AvgIpc) is 0.908. The number of carbonyl (C=O) groups is 4. The number of esters is 4. The summed E-state index contributed by atoms with van der Waals surface area (Å²) >= 11 is 0. The highest BCUT2D eigenvalue weighted by Gasteiger charge is 2.30. The van der Waals surface area contributed by atoms with Crippen LogP contribution in [-0.4, -0.2) is 96.7 Å². The summed E-state index contributed by atoms with van der Waals surface area (Å²) in [5.74, 6) is -2.10. The molecule has 0 radical (unpaired) electrons. The van der Waals surface area contributed by atoms with Crippen LogP contribution >= 0.6 is 15.6 Å². The molecule has 2 unspecified atom stereocenters. The van der Waals surface area contributed by atoms with Crippen molar-refractivity contribution in [1.29, 1.82) is 0 Å². The molecule has 648 valence electrons. The number of ether oxygens (including phenoxy) is 4. The molecule has 109 heavy (non-hydrogen) atoms. The molecular formula is C90H176O17P2. The lowest BCUT2D eigenvalue weighted by atomic mass is 10.0. The summed E-state index contributed by atoms with van der Waals surface area (Å²) < 4.78 is 68.9. The van der Waals surface area contributed by atoms with Gasteiger partial charge in [0.05, 0.1) is 26.4 Å². The first-order chi connectivity index (χ1) is 53.2. The quantitative estimate of drug-likeness (QED) is 0.0222. The largest absolute Gasteiger partial charge is 0.472 e. The van der Waals surface area contributed by atoms with Crippen LogP contribution in [-0.2, 0) is 65.4 Å². The van der Waals surface area contributed by atoms with E-state index in [2.05, 4.69) is 27.7 Å². The fourth-order valence-corrected chi connectivity index (χ4v) is 15.8. The number of hydrogen-bond acceptors (Lipinski definition) is 15. The number of hydrogen-bond donors (Lipinski definition) is 3. The van der Waals surface area contributed by atoms with Gasteiger partial charge in [-0.05, 0) is 25.7 Å². The Morgan fingerprint density at radius 3 is 0.541 bits per heavy atom. The zero-order valence-electron chi connectivity index (χ0n) is 71.5. The van der Waals surface area contributed by atoms with Crippen molar-refractivity contribution in [1.82, 2.24) is 0 Å². The number of aliphatic hydroxyl groups excluding tert-OH is 1. The van der Waals surface area contributed by atoms with Crippen LogP contribution in [0.1, 0.15) is 496 Å². The molecule has 0 aliphatic carbocycles. The van der Waals surface area contributed by atoms with Crippen LogP contribution in [0.4, 0.5) is 0 Å². The van der Waals surface area contributed by atoms with E-state index >= 15 is 0 Å². The predicted molar refractivity (Wildman–Crippen MR) is 451 cm³/mol. The number of phosphoric ester groups is 2. The summed E-state index contributed by atoms with van der Waals surface area (Å²) in [6, 6.07) is 0. The van der Waals surface area contributed by atoms with Crippen molar-refractivity contribution in [3.05, 3.63) is 0 Å². The van der Waals surface area contributed by atoms with Gasteiger partial charge in [-0.3, -0.25) is 37.3 Å². The smallest absolute Gasteiger partial charge is 0.462 e. The van der Waals surface area contributed by atoms with Gasteiger partial charge < -0.3 is 33.8 Å². The maximum atomic E-state index is 13.2. The molecule has 0 aromatic heterocycles. The molecule has 0 aliphatic heterocycles. The van der Waals surface area contributed by atoms with Gasteiger partial charge in [-0.25, -0.2) is 9.13 Å². The SMILES string of the molecule is CCCCCCCCCCCCCCCCCCCCCCCCC(=O)OC[C@H](COP(=O)(O)OC[C@@H](O)COP(=O)(O)OC[C@@H](COC(=O)CCCCCCCCC)OC(=O)CCCCCCCCCCCCCCCCCCCC)OC(=O)CCCCCCCCCCCCCCCCCCCCCCCC. The first-order valence-corrected chi connectivity index (χ1v) is 49.8. The molecule has 0 rings (SSSR count). The van der Waals surface area contributed by atoms with E-state index in [1.165, 1.54) is 315 Å². The zero-order valence-corrected chi connectivity index (χ0v) is 73.3. The topological polar surface area (TPSA) is 237 Å². The van der Waals surface area contributed by atoms with E-state index < -0.39 is 97.5 Å². The highest BCUT2D eigenvalue weighted by molar-refractivity contribution is 7.47. The second-order valence-electron chi connectivity index (χ2n) is 32.3. The number of rotatable bonds is 91. The molecule has 0 saturated carbocycles. The Kier molecular flexibility index (Phi) is 82.5. The fourth-order valence-electron chi connectivity index (χ4n) is 14.2. The molecular weight excluding hydrogens is 1410 g/mol. The van der Waals surface area contributed by atoms with Crippen LogP contribution in [0.2, 0.25) is 0 Å². The third-order valence-corrected chi connectivity index (χ3v) is 23.3. The molecule has 0 spiro atoms. The van der Waals surface area contributed by atoms with Gasteiger partial charge in [0.15, 0.2) is 12.2 Å². The van der Waals surface area contributed by atoms with Crippen molar-refractivity contribution in [2.45, 2.75) is 515 Å². The highest BCUT2D eigenvalue weighted by Crippen LogP contribution is 2.45. The van der Waals surface area contributed by atoms with Crippen LogP contribution in [0.3, 0.4) is 0 Å². The van der Waals surface area contributed by atoms with Crippen molar-refractivity contribution in [2.75, 3.05) is 39.6 Å². The third kappa shape index (κ3) is 83.8. The molecule has 0 fully saturated rings. The van der Waals surface area contributed by atoms with E-state index in [1.54, 1.807) is 0 Å². The Morgan fingerprint density at radius 2 is 0.367 bits per heavy atom. The number of aliphatic hydroxyl groups is 1. The van der Waals surface area contributed by atoms with Gasteiger partial charge in [-0.1, -0.05) is 445 Å². The zero-order chi connectivity index (χ0) is 79.6. The van der Waals surface area contributed by atoms with Gasteiger partial charge in [0.2, 0.25) is 0 Å². The standard InChI is InChI=1S/C90H176O17P2/c1-5-9-13-17-21-24-27-30-33-36-39-41-43-45-48-50-53-56-59-63-67-71-75-88(93)101-81-86(107-90(95)77-73-69-65-61-58-55-52-49-46-44-42-40-37-34-31-28-25-22-18-14-10-6-2)83-105-109(98,99)103-79-84(91)78-102-108(96,97)104-82-85(80-100-87(92)74-70-66-62-20-16-12-8-4)106-89(94)76-72-68-64-60-57-54-51-47-38-35-32-29-26-23-19-15-11-7-3/h84-86,91H,5-83H2,1-4H3,(H,96,97)(H,98,99)/t84-,85+,86+/m0/s1. The Balaban J connectivity index is 5.14. The molecule has 0 saturated heterocycles. The van der Waals surface area contributed by atoms with E-state index in [1.807, 2.05) is 0 Å². The molecule has 0 heterocycles. The summed E-state index contributed by atoms with van der Waals surface area (Å²) in [6.45, 7) is 5.03. The van der Waals surface area contributed by atoms with Crippen LogP contribution in [0.25, 0.3) is 0 Å². The summed E-state index contributed by atoms with van der Waals surface area (Å²) in [7, 11) is -9.92. The second-order valence-corrected chi connectivity index (χ2v) is 35.3. The normalized spacial score (nSPS) is 13.6. The molecule has 0 aromatic carbocycles. The van der Waals surface area contributed by atoms with Crippen molar-refractivity contribution in [3.8, 4) is 0 Å². The third-order valence-electron chi connectivity index (χ3n) is 21.4. The van der Waals surface area contributed by atoms with Crippen LogP contribution in [0.15, 0.2) is 0 Å². The number of unbranched alkanes of at least 4 members (excludes halogenated alkanes) is 65. The number of carbonyl (C=O) groups excluding carboxylic acids is 4. The van der Waals surface area contributed by atoms with Crippen molar-refractivity contribution >= 4 is 39.5 Å². The van der Waals surface area contributed by atoms with E-state index in [0.717, 1.165) is 103 Å². The number of phosphoric acid groups is 2. The minimum atomic E-state index is -4.97. The lowest BCUT2D eigenvalue weighted by Gasteiger charge is -2.21. The monoisotopic (exact) mass is 1590 g/mol. The maximum Gasteiger partial charge on any atom is 0.472 e. The molecule has 0 aliphatic rings. The first-order valence-electron chi connectivity index (χ1n) is 46.8. The molecule has 17 nitrogen and oxygen atoms in total. The van der Waals surface area contributed by atoms with E-state index in [9.17, 15) is 43.2 Å². The van der Waals surface area contributed by atoms with Gasteiger partial charge in [0.1, 0.15) is 19.3 Å². The van der Waals surface area contributed by atoms with Crippen molar-refractivity contribution < 1.29 is 80.2 Å². The lowest BCUT2D eigenvalue weighted by Crippen LogP contribution is -2.30. The first kappa shape index (κ1) is 107. The van der Waals surface area contributed by atoms with Crippen molar-refractivity contribution in [3.63, 3.8) is 0 Å². The maximum absolute atomic E-state index is 13.2. The van der Waals surface area contributed by atoms with Crippen LogP contribution in [0.5, 0.6) is 0 Å². The Morgan fingerprint density at radius 1 is 0.220 bits per heavy atom. The highest BCUT2D eigenvalue weighted by atomic mass is 31.2. The summed E-state index contributed by atoms with van der Waals surface area (Å²) in [5, 5.41) is 10.7. The Hall–Kier alpha value is -1.94. The molecule has 19 heteroatoms. The van der Waals surface area contributed by atoms with Crippen LogP contribution < -0.4 is 0 Å². The fraction of sp³-hybridized carbons (Fsp3) is 0.956. The predicted octanol–water partition coefficient (Wildman–Crippen LogP) is 28.1. The molecule has 3 N–H and O–H groups in total. The molecule has 5 atom stereocenters. The van der Waals surface area contributed by atoms with Gasteiger partial charge in [-0.2, -0.15) is 0 Å². The minimum absolute atomic E-state index is 0.109. The van der Waals surface area contributed by atoms with Crippen LogP contribution in [0, 0.1) is 0 Å². The summed E-state index contributed by atoms with van der Waals surface area (Å²) in [6.07, 6.45) is 81.1. The van der Waals surface area contributed by atoms with Gasteiger partial charge in [0, 0.05) is 25.7 Å². The Labute approximate surface area is 670 Å². The van der Waals surface area contributed by atoms with E-state index in [4.69, 9.17) is 37.0 Å². The molecule has 0 aromatic rings. The van der Waals surface area contributed by atoms with Crippen molar-refractivity contribution in [2.24, 2.45) is 0 Å². The summed E-state index contributed by atoms with van der Waals surface area (Å²) in [4.78, 5) is 73.2. The van der Waals surface area contributed by atoms with Gasteiger partial charge >= 0.3 is 39.5 Å². The average molecular weight is 1590 g/mol. The summed E-state index contributed by atoms with van der Waals surface area (Å²) in [5.41, 5.74) is 0.